The van der Waals surface area contributed by atoms with Crippen LogP contribution in [0.25, 0.3) is 0 Å². The summed E-state index contributed by atoms with van der Waals surface area (Å²) in [7, 11) is 2.88. The first kappa shape index (κ1) is 11.9. The Labute approximate surface area is 92.8 Å². The zero-order valence-electron chi connectivity index (χ0n) is 8.93. The maximum absolute atomic E-state index is 10.9. The van der Waals surface area contributed by atoms with E-state index in [9.17, 15) is 4.79 Å². The van der Waals surface area contributed by atoms with Crippen LogP contribution < -0.4 is 9.47 Å². The van der Waals surface area contributed by atoms with E-state index in [2.05, 4.69) is 0 Å². The Kier molecular flexibility index (Phi) is 3.72. The molecule has 0 spiro atoms. The van der Waals surface area contributed by atoms with Crippen molar-refractivity contribution in [3.63, 3.8) is 0 Å². The third-order valence-corrected chi connectivity index (χ3v) is 2.12. The third kappa shape index (κ3) is 2.23. The van der Waals surface area contributed by atoms with Gasteiger partial charge in [0.25, 0.3) is 0 Å². The van der Waals surface area contributed by atoms with E-state index < -0.39 is 11.9 Å². The molecule has 0 bridgehead atoms. The number of carboxylic acid groups (broad SMARTS) is 1. The summed E-state index contributed by atoms with van der Waals surface area (Å²) in [5.74, 6) is -1.63. The van der Waals surface area contributed by atoms with E-state index in [-0.39, 0.29) is 5.56 Å². The van der Waals surface area contributed by atoms with Crippen molar-refractivity contribution in [1.29, 1.82) is 5.26 Å². The van der Waals surface area contributed by atoms with E-state index in [0.29, 0.717) is 11.5 Å². The highest BCUT2D eigenvalue weighted by molar-refractivity contribution is 5.80. The Bertz CT molecular complexity index is 436. The molecule has 1 aromatic rings. The normalized spacial score (nSPS) is 11.3. The van der Waals surface area contributed by atoms with Gasteiger partial charge < -0.3 is 14.6 Å². The molecule has 0 amide bonds. The van der Waals surface area contributed by atoms with Crippen molar-refractivity contribution < 1.29 is 19.4 Å². The fourth-order valence-corrected chi connectivity index (χ4v) is 1.32. The van der Waals surface area contributed by atoms with Crippen LogP contribution in [-0.4, -0.2) is 25.3 Å². The lowest BCUT2D eigenvalue weighted by molar-refractivity contribution is -0.137. The van der Waals surface area contributed by atoms with Crippen LogP contribution in [0.4, 0.5) is 0 Å². The average Bonchev–Trinajstić information content (AvgIpc) is 2.29. The number of carboxylic acids is 1. The van der Waals surface area contributed by atoms with Crippen LogP contribution in [0.2, 0.25) is 0 Å². The predicted molar refractivity (Wildman–Crippen MR) is 55.5 cm³/mol. The third-order valence-electron chi connectivity index (χ3n) is 2.12. The summed E-state index contributed by atoms with van der Waals surface area (Å²) in [5, 5.41) is 17.7. The van der Waals surface area contributed by atoms with Gasteiger partial charge in [-0.15, -0.1) is 0 Å². The Hall–Kier alpha value is -2.22. The molecule has 84 valence electrons. The smallest absolute Gasteiger partial charge is 0.325 e. The second kappa shape index (κ2) is 5.03. The van der Waals surface area contributed by atoms with Crippen LogP contribution in [0.5, 0.6) is 11.5 Å². The molecule has 0 radical (unpaired) electrons. The van der Waals surface area contributed by atoms with Gasteiger partial charge in [0.15, 0.2) is 5.92 Å². The van der Waals surface area contributed by atoms with E-state index in [4.69, 9.17) is 19.8 Å². The minimum Gasteiger partial charge on any atom is -0.497 e. The number of methoxy groups -OCH3 is 2. The Balaban J connectivity index is 3.28. The molecular formula is C11H11NO4. The standard InChI is InChI=1S/C11H11NO4/c1-15-7-3-4-10(16-2)8(5-7)9(6-12)11(13)14/h3-5,9H,1-2H3,(H,13,14). The molecule has 16 heavy (non-hydrogen) atoms. The molecule has 0 aliphatic heterocycles. The number of hydrogen-bond donors (Lipinski definition) is 1. The van der Waals surface area contributed by atoms with Gasteiger partial charge in [0.2, 0.25) is 0 Å². The molecule has 0 fully saturated rings. The zero-order chi connectivity index (χ0) is 12.1. The van der Waals surface area contributed by atoms with E-state index in [1.54, 1.807) is 18.2 Å². The summed E-state index contributed by atoms with van der Waals surface area (Å²) in [6, 6.07) is 6.40. The first-order valence-electron chi connectivity index (χ1n) is 4.48. The summed E-state index contributed by atoms with van der Waals surface area (Å²) in [6.07, 6.45) is 0. The lowest BCUT2D eigenvalue weighted by Gasteiger charge is -2.11. The molecule has 5 heteroatoms. The number of hydrogen-bond acceptors (Lipinski definition) is 4. The molecule has 1 rings (SSSR count). The van der Waals surface area contributed by atoms with Crippen molar-refractivity contribution in [2.75, 3.05) is 14.2 Å². The fraction of sp³-hybridized carbons (Fsp3) is 0.273. The second-order valence-electron chi connectivity index (χ2n) is 3.01. The SMILES string of the molecule is COc1ccc(OC)c(C(C#N)C(=O)O)c1. The number of aliphatic carboxylic acids is 1. The predicted octanol–water partition coefficient (Wildman–Crippen LogP) is 1.40. The number of rotatable bonds is 4. The number of benzene rings is 1. The number of nitriles is 1. The maximum atomic E-state index is 10.9. The van der Waals surface area contributed by atoms with Gasteiger partial charge in [-0.3, -0.25) is 4.79 Å². The first-order valence-corrected chi connectivity index (χ1v) is 4.48. The number of ether oxygens (including phenoxy) is 2. The lowest BCUT2D eigenvalue weighted by atomic mass is 9.99. The second-order valence-corrected chi connectivity index (χ2v) is 3.01. The quantitative estimate of drug-likeness (QED) is 0.831. The van der Waals surface area contributed by atoms with Crippen molar-refractivity contribution in [2.24, 2.45) is 0 Å². The summed E-state index contributed by atoms with van der Waals surface area (Å²) < 4.78 is 9.98. The van der Waals surface area contributed by atoms with Gasteiger partial charge in [-0.25, -0.2) is 0 Å². The molecule has 1 N–H and O–H groups in total. The molecule has 0 saturated heterocycles. The van der Waals surface area contributed by atoms with Gasteiger partial charge >= 0.3 is 5.97 Å². The van der Waals surface area contributed by atoms with Crippen LogP contribution in [0.1, 0.15) is 11.5 Å². The van der Waals surface area contributed by atoms with E-state index in [1.807, 2.05) is 0 Å². The van der Waals surface area contributed by atoms with Gasteiger partial charge in [0.05, 0.1) is 20.3 Å². The number of carbonyl (C=O) groups is 1. The average molecular weight is 221 g/mol. The van der Waals surface area contributed by atoms with Gasteiger partial charge in [-0.2, -0.15) is 5.26 Å². The molecule has 1 aromatic carbocycles. The van der Waals surface area contributed by atoms with Gasteiger partial charge in [0.1, 0.15) is 11.5 Å². The van der Waals surface area contributed by atoms with Crippen LogP contribution in [0.15, 0.2) is 18.2 Å². The number of nitrogens with zero attached hydrogens (tertiary/aromatic N) is 1. The van der Waals surface area contributed by atoms with E-state index >= 15 is 0 Å². The van der Waals surface area contributed by atoms with Crippen LogP contribution >= 0.6 is 0 Å². The summed E-state index contributed by atoms with van der Waals surface area (Å²) in [4.78, 5) is 10.9. The lowest BCUT2D eigenvalue weighted by Crippen LogP contribution is -2.10. The molecule has 1 unspecified atom stereocenters. The summed E-state index contributed by atoms with van der Waals surface area (Å²) in [5.41, 5.74) is 0.289. The van der Waals surface area contributed by atoms with Crippen molar-refractivity contribution in [1.82, 2.24) is 0 Å². The highest BCUT2D eigenvalue weighted by Crippen LogP contribution is 2.30. The molecule has 5 nitrogen and oxygen atoms in total. The summed E-state index contributed by atoms with van der Waals surface area (Å²) >= 11 is 0. The van der Waals surface area contributed by atoms with Crippen molar-refractivity contribution in [3.8, 4) is 17.6 Å². The van der Waals surface area contributed by atoms with E-state index in [1.165, 1.54) is 20.3 Å². The van der Waals surface area contributed by atoms with Gasteiger partial charge in [-0.05, 0) is 18.2 Å². The van der Waals surface area contributed by atoms with Gasteiger partial charge in [0, 0.05) is 5.56 Å². The topological polar surface area (TPSA) is 79.5 Å². The molecule has 0 aliphatic carbocycles. The van der Waals surface area contributed by atoms with Gasteiger partial charge in [-0.1, -0.05) is 0 Å². The van der Waals surface area contributed by atoms with Crippen LogP contribution in [0.3, 0.4) is 0 Å². The van der Waals surface area contributed by atoms with E-state index in [0.717, 1.165) is 0 Å². The highest BCUT2D eigenvalue weighted by atomic mass is 16.5. The van der Waals surface area contributed by atoms with Crippen LogP contribution in [0, 0.1) is 11.3 Å². The van der Waals surface area contributed by atoms with Crippen LogP contribution in [-0.2, 0) is 4.79 Å². The monoisotopic (exact) mass is 221 g/mol. The van der Waals surface area contributed by atoms with Crippen molar-refractivity contribution >= 4 is 5.97 Å². The Morgan fingerprint density at radius 1 is 1.44 bits per heavy atom. The molecule has 0 aromatic heterocycles. The Morgan fingerprint density at radius 3 is 2.56 bits per heavy atom. The van der Waals surface area contributed by atoms with Crippen molar-refractivity contribution in [2.45, 2.75) is 5.92 Å². The molecule has 0 heterocycles. The maximum Gasteiger partial charge on any atom is 0.325 e. The summed E-state index contributed by atoms with van der Waals surface area (Å²) in [6.45, 7) is 0. The highest BCUT2D eigenvalue weighted by Gasteiger charge is 2.23. The molecule has 0 aliphatic rings. The largest absolute Gasteiger partial charge is 0.497 e. The molecule has 1 atom stereocenters. The minimum atomic E-state index is -1.26. The fourth-order valence-electron chi connectivity index (χ4n) is 1.32. The minimum absolute atomic E-state index is 0.289. The van der Waals surface area contributed by atoms with Crippen molar-refractivity contribution in [3.05, 3.63) is 23.8 Å². The molecule has 0 saturated carbocycles. The Morgan fingerprint density at radius 2 is 2.12 bits per heavy atom. The zero-order valence-corrected chi connectivity index (χ0v) is 8.93. The molecular weight excluding hydrogens is 210 g/mol. The first-order chi connectivity index (χ1) is 7.63.